The van der Waals surface area contributed by atoms with Gasteiger partial charge in [-0.2, -0.15) is 0 Å². The van der Waals surface area contributed by atoms with Crippen LogP contribution in [0.25, 0.3) is 0 Å². The molecule has 0 aromatic carbocycles. The van der Waals surface area contributed by atoms with E-state index in [1.54, 1.807) is 6.20 Å². The fourth-order valence-corrected chi connectivity index (χ4v) is 2.65. The van der Waals surface area contributed by atoms with Gasteiger partial charge in [0, 0.05) is 31.7 Å². The molecule has 1 saturated heterocycles. The van der Waals surface area contributed by atoms with Crippen molar-refractivity contribution >= 4 is 11.7 Å². The average molecular weight is 299 g/mol. The van der Waals surface area contributed by atoms with Crippen molar-refractivity contribution in [2.75, 3.05) is 18.0 Å². The van der Waals surface area contributed by atoms with Crippen molar-refractivity contribution < 1.29 is 4.79 Å². The monoisotopic (exact) mass is 299 g/mol. The molecule has 3 rings (SSSR count). The van der Waals surface area contributed by atoms with Crippen LogP contribution in [0.4, 0.5) is 5.82 Å². The Morgan fingerprint density at radius 1 is 1.18 bits per heavy atom. The van der Waals surface area contributed by atoms with Crippen molar-refractivity contribution in [3.05, 3.63) is 42.6 Å². The molecule has 0 aliphatic carbocycles. The van der Waals surface area contributed by atoms with Crippen LogP contribution in [0, 0.1) is 0 Å². The third kappa shape index (κ3) is 3.84. The Kier molecular flexibility index (Phi) is 4.68. The SMILES string of the molecule is O=C(Cn1cccc1)NCc1nccc(N2CCCCC2)n1. The molecular weight excluding hydrogens is 278 g/mol. The van der Waals surface area contributed by atoms with Gasteiger partial charge in [0.25, 0.3) is 0 Å². The van der Waals surface area contributed by atoms with E-state index in [0.29, 0.717) is 18.9 Å². The van der Waals surface area contributed by atoms with Gasteiger partial charge in [-0.05, 0) is 37.5 Å². The van der Waals surface area contributed by atoms with Gasteiger partial charge in [-0.25, -0.2) is 9.97 Å². The second-order valence-corrected chi connectivity index (χ2v) is 5.51. The van der Waals surface area contributed by atoms with Crippen molar-refractivity contribution in [3.8, 4) is 0 Å². The lowest BCUT2D eigenvalue weighted by atomic mass is 10.1. The van der Waals surface area contributed by atoms with E-state index >= 15 is 0 Å². The van der Waals surface area contributed by atoms with Crippen molar-refractivity contribution in [1.29, 1.82) is 0 Å². The van der Waals surface area contributed by atoms with Gasteiger partial charge in [-0.3, -0.25) is 4.79 Å². The molecular formula is C16H21N5O. The molecule has 1 amide bonds. The highest BCUT2D eigenvalue weighted by Gasteiger charge is 2.13. The van der Waals surface area contributed by atoms with Gasteiger partial charge in [0.15, 0.2) is 0 Å². The molecule has 6 nitrogen and oxygen atoms in total. The number of rotatable bonds is 5. The quantitative estimate of drug-likeness (QED) is 0.910. The van der Waals surface area contributed by atoms with Crippen LogP contribution in [-0.4, -0.2) is 33.5 Å². The number of hydrogen-bond acceptors (Lipinski definition) is 4. The van der Waals surface area contributed by atoms with E-state index in [4.69, 9.17) is 0 Å². The summed E-state index contributed by atoms with van der Waals surface area (Å²) in [6.07, 6.45) is 9.23. The molecule has 1 fully saturated rings. The van der Waals surface area contributed by atoms with Crippen molar-refractivity contribution in [1.82, 2.24) is 19.9 Å². The molecule has 2 aromatic heterocycles. The van der Waals surface area contributed by atoms with Crippen LogP contribution in [-0.2, 0) is 17.9 Å². The first kappa shape index (κ1) is 14.6. The zero-order valence-corrected chi connectivity index (χ0v) is 12.6. The number of anilines is 1. The second kappa shape index (κ2) is 7.06. The molecule has 1 aliphatic heterocycles. The maximum Gasteiger partial charge on any atom is 0.240 e. The van der Waals surface area contributed by atoms with Gasteiger partial charge in [-0.1, -0.05) is 0 Å². The zero-order valence-electron chi connectivity index (χ0n) is 12.6. The van der Waals surface area contributed by atoms with Gasteiger partial charge in [0.1, 0.15) is 18.2 Å². The number of aromatic nitrogens is 3. The summed E-state index contributed by atoms with van der Waals surface area (Å²) < 4.78 is 1.83. The Bertz CT molecular complexity index is 605. The number of hydrogen-bond donors (Lipinski definition) is 1. The summed E-state index contributed by atoms with van der Waals surface area (Å²) >= 11 is 0. The lowest BCUT2D eigenvalue weighted by Gasteiger charge is -2.27. The van der Waals surface area contributed by atoms with Crippen molar-refractivity contribution in [2.45, 2.75) is 32.4 Å². The van der Waals surface area contributed by atoms with Gasteiger partial charge in [-0.15, -0.1) is 0 Å². The standard InChI is InChI=1S/C16H21N5O/c22-16(13-20-8-4-5-9-20)18-12-14-17-7-6-15(19-14)21-10-2-1-3-11-21/h4-9H,1-3,10-13H2,(H,18,22). The van der Waals surface area contributed by atoms with E-state index in [-0.39, 0.29) is 5.91 Å². The lowest BCUT2D eigenvalue weighted by Crippen LogP contribution is -2.31. The Labute approximate surface area is 130 Å². The predicted molar refractivity (Wildman–Crippen MR) is 84.4 cm³/mol. The first-order valence-corrected chi connectivity index (χ1v) is 7.75. The van der Waals surface area contributed by atoms with Crippen LogP contribution in [0.2, 0.25) is 0 Å². The normalized spacial score (nSPS) is 14.8. The molecule has 0 bridgehead atoms. The van der Waals surface area contributed by atoms with Gasteiger partial charge in [0.2, 0.25) is 5.91 Å². The summed E-state index contributed by atoms with van der Waals surface area (Å²) in [4.78, 5) is 23.0. The largest absolute Gasteiger partial charge is 0.357 e. The highest BCUT2D eigenvalue weighted by atomic mass is 16.1. The predicted octanol–water partition coefficient (Wildman–Crippen LogP) is 1.58. The fraction of sp³-hybridized carbons (Fsp3) is 0.438. The van der Waals surface area contributed by atoms with E-state index < -0.39 is 0 Å². The van der Waals surface area contributed by atoms with E-state index in [2.05, 4.69) is 20.2 Å². The second-order valence-electron chi connectivity index (χ2n) is 5.51. The first-order valence-electron chi connectivity index (χ1n) is 7.75. The highest BCUT2D eigenvalue weighted by Crippen LogP contribution is 2.16. The van der Waals surface area contributed by atoms with Crippen LogP contribution in [0.15, 0.2) is 36.8 Å². The van der Waals surface area contributed by atoms with E-state index in [1.807, 2.05) is 35.2 Å². The topological polar surface area (TPSA) is 63.1 Å². The molecule has 3 heterocycles. The highest BCUT2D eigenvalue weighted by molar-refractivity contribution is 5.75. The van der Waals surface area contributed by atoms with E-state index in [1.165, 1.54) is 19.3 Å². The molecule has 1 N–H and O–H groups in total. The minimum Gasteiger partial charge on any atom is -0.357 e. The average Bonchev–Trinajstić information content (AvgIpc) is 3.07. The number of carbonyl (C=O) groups excluding carboxylic acids is 1. The molecule has 0 saturated carbocycles. The molecule has 0 unspecified atom stereocenters. The first-order chi connectivity index (χ1) is 10.8. The summed E-state index contributed by atoms with van der Waals surface area (Å²) in [6, 6.07) is 5.74. The third-order valence-electron chi connectivity index (χ3n) is 3.81. The molecule has 116 valence electrons. The third-order valence-corrected chi connectivity index (χ3v) is 3.81. The summed E-state index contributed by atoms with van der Waals surface area (Å²) in [5.41, 5.74) is 0. The summed E-state index contributed by atoms with van der Waals surface area (Å²) in [5.74, 6) is 1.58. The number of piperidine rings is 1. The molecule has 6 heteroatoms. The molecule has 2 aromatic rings. The van der Waals surface area contributed by atoms with E-state index in [0.717, 1.165) is 18.9 Å². The smallest absolute Gasteiger partial charge is 0.240 e. The zero-order chi connectivity index (χ0) is 15.2. The Morgan fingerprint density at radius 2 is 1.95 bits per heavy atom. The molecule has 22 heavy (non-hydrogen) atoms. The maximum atomic E-state index is 11.9. The van der Waals surface area contributed by atoms with Crippen molar-refractivity contribution in [2.24, 2.45) is 0 Å². The maximum absolute atomic E-state index is 11.9. The number of nitrogens with one attached hydrogen (secondary N) is 1. The van der Waals surface area contributed by atoms with Gasteiger partial charge >= 0.3 is 0 Å². The minimum absolute atomic E-state index is 0.0387. The molecule has 0 spiro atoms. The Balaban J connectivity index is 1.54. The van der Waals surface area contributed by atoms with Gasteiger partial charge < -0.3 is 14.8 Å². The van der Waals surface area contributed by atoms with Crippen LogP contribution < -0.4 is 10.2 Å². The number of amides is 1. The Morgan fingerprint density at radius 3 is 2.73 bits per heavy atom. The number of carbonyl (C=O) groups is 1. The molecule has 0 atom stereocenters. The van der Waals surface area contributed by atoms with E-state index in [9.17, 15) is 4.79 Å². The summed E-state index contributed by atoms with van der Waals surface area (Å²) in [6.45, 7) is 2.79. The summed E-state index contributed by atoms with van der Waals surface area (Å²) in [7, 11) is 0. The van der Waals surface area contributed by atoms with Crippen LogP contribution in [0.3, 0.4) is 0 Å². The lowest BCUT2D eigenvalue weighted by molar-refractivity contribution is -0.121. The van der Waals surface area contributed by atoms with Crippen LogP contribution >= 0.6 is 0 Å². The van der Waals surface area contributed by atoms with Crippen molar-refractivity contribution in [3.63, 3.8) is 0 Å². The molecule has 1 aliphatic rings. The van der Waals surface area contributed by atoms with Crippen LogP contribution in [0.1, 0.15) is 25.1 Å². The minimum atomic E-state index is -0.0387. The van der Waals surface area contributed by atoms with Gasteiger partial charge in [0.05, 0.1) is 6.54 Å². The fourth-order valence-electron chi connectivity index (χ4n) is 2.65. The molecule has 0 radical (unpaired) electrons. The number of nitrogens with zero attached hydrogens (tertiary/aromatic N) is 4. The Hall–Kier alpha value is -2.37. The van der Waals surface area contributed by atoms with Crippen LogP contribution in [0.5, 0.6) is 0 Å². The summed E-state index contributed by atoms with van der Waals surface area (Å²) in [5, 5.41) is 2.86.